The van der Waals surface area contributed by atoms with Gasteiger partial charge in [0.05, 0.1) is 12.1 Å². The molecule has 0 saturated carbocycles. The largest absolute Gasteiger partial charge is 0.399 e. The van der Waals surface area contributed by atoms with Gasteiger partial charge in [0.2, 0.25) is 5.91 Å². The van der Waals surface area contributed by atoms with Crippen molar-refractivity contribution in [2.45, 2.75) is 19.3 Å². The van der Waals surface area contributed by atoms with Crippen molar-refractivity contribution in [2.24, 2.45) is 0 Å². The summed E-state index contributed by atoms with van der Waals surface area (Å²) in [4.78, 5) is 22.5. The van der Waals surface area contributed by atoms with Crippen molar-refractivity contribution in [1.82, 2.24) is 14.9 Å². The third-order valence-electron chi connectivity index (χ3n) is 3.78. The van der Waals surface area contributed by atoms with E-state index in [1.54, 1.807) is 6.07 Å². The molecule has 1 amide bonds. The molecular weight excluding hydrogens is 266 g/mol. The van der Waals surface area contributed by atoms with Crippen molar-refractivity contribution in [3.8, 4) is 0 Å². The average Bonchev–Trinajstić information content (AvgIpc) is 2.53. The summed E-state index contributed by atoms with van der Waals surface area (Å²) in [5.41, 5.74) is 7.27. The van der Waals surface area contributed by atoms with Crippen LogP contribution in [-0.4, -0.2) is 40.4 Å². The predicted octanol–water partition coefficient (Wildman–Crippen LogP) is 1.64. The Hall–Kier alpha value is -2.37. The van der Waals surface area contributed by atoms with Gasteiger partial charge < -0.3 is 16.0 Å². The molecule has 110 valence electrons. The predicted molar refractivity (Wildman–Crippen MR) is 82.9 cm³/mol. The number of hydrogen-bond acceptors (Lipinski definition) is 5. The number of fused-ring (bicyclic) bond motifs is 1. The van der Waals surface area contributed by atoms with Gasteiger partial charge in [0.15, 0.2) is 0 Å². The maximum Gasteiger partial charge on any atom is 0.241 e. The van der Waals surface area contributed by atoms with Gasteiger partial charge in [-0.25, -0.2) is 9.97 Å². The highest BCUT2D eigenvalue weighted by molar-refractivity contribution is 5.92. The van der Waals surface area contributed by atoms with E-state index in [-0.39, 0.29) is 12.5 Å². The molecule has 3 N–H and O–H groups in total. The highest BCUT2D eigenvalue weighted by Gasteiger charge is 2.16. The molecule has 0 aliphatic carbocycles. The number of anilines is 2. The van der Waals surface area contributed by atoms with Crippen LogP contribution in [0.5, 0.6) is 0 Å². The number of nitrogens with zero attached hydrogens (tertiary/aromatic N) is 3. The zero-order chi connectivity index (χ0) is 14.7. The fourth-order valence-corrected chi connectivity index (χ4v) is 2.63. The lowest BCUT2D eigenvalue weighted by Gasteiger charge is -2.26. The monoisotopic (exact) mass is 285 g/mol. The summed E-state index contributed by atoms with van der Waals surface area (Å²) in [6.07, 6.45) is 4.90. The first-order valence-electron chi connectivity index (χ1n) is 7.26. The fourth-order valence-electron chi connectivity index (χ4n) is 2.63. The summed E-state index contributed by atoms with van der Waals surface area (Å²) in [6.45, 7) is 1.97. The second-order valence-electron chi connectivity index (χ2n) is 5.29. The summed E-state index contributed by atoms with van der Waals surface area (Å²) in [5.74, 6) is 0.767. The summed E-state index contributed by atoms with van der Waals surface area (Å²) in [6, 6.07) is 5.48. The highest BCUT2D eigenvalue weighted by atomic mass is 16.2. The van der Waals surface area contributed by atoms with E-state index in [1.807, 2.05) is 17.0 Å². The van der Waals surface area contributed by atoms with Gasteiger partial charge in [-0.3, -0.25) is 4.79 Å². The lowest BCUT2D eigenvalue weighted by molar-refractivity contribution is -0.130. The van der Waals surface area contributed by atoms with Gasteiger partial charge in [0.25, 0.3) is 0 Å². The third-order valence-corrected chi connectivity index (χ3v) is 3.78. The number of nitrogens with two attached hydrogens (primary N) is 1. The molecule has 1 aliphatic heterocycles. The Kier molecular flexibility index (Phi) is 3.85. The molecule has 2 aromatic rings. The number of nitrogens with one attached hydrogen (secondary N) is 1. The van der Waals surface area contributed by atoms with Crippen molar-refractivity contribution < 1.29 is 4.79 Å². The van der Waals surface area contributed by atoms with Gasteiger partial charge in [0.1, 0.15) is 12.1 Å². The van der Waals surface area contributed by atoms with Crippen LogP contribution in [0.2, 0.25) is 0 Å². The molecule has 0 bridgehead atoms. The lowest BCUT2D eigenvalue weighted by Crippen LogP contribution is -2.39. The Balaban J connectivity index is 1.72. The Morgan fingerprint density at radius 2 is 2.05 bits per heavy atom. The van der Waals surface area contributed by atoms with Gasteiger partial charge in [-0.05, 0) is 37.5 Å². The molecule has 6 heteroatoms. The molecule has 1 fully saturated rings. The quantitative estimate of drug-likeness (QED) is 0.837. The van der Waals surface area contributed by atoms with E-state index < -0.39 is 0 Å². The molecule has 0 unspecified atom stereocenters. The average molecular weight is 285 g/mol. The minimum atomic E-state index is 0.116. The highest BCUT2D eigenvalue weighted by Crippen LogP contribution is 2.21. The molecule has 21 heavy (non-hydrogen) atoms. The van der Waals surface area contributed by atoms with E-state index in [9.17, 15) is 4.79 Å². The van der Waals surface area contributed by atoms with Gasteiger partial charge in [-0.1, -0.05) is 0 Å². The van der Waals surface area contributed by atoms with Crippen LogP contribution in [-0.2, 0) is 4.79 Å². The molecule has 0 spiro atoms. The fraction of sp³-hybridized carbons (Fsp3) is 0.400. The van der Waals surface area contributed by atoms with Crippen LogP contribution in [0.3, 0.4) is 0 Å². The summed E-state index contributed by atoms with van der Waals surface area (Å²) in [7, 11) is 0. The SMILES string of the molecule is Nc1ccc2ncnc(NCC(=O)N3CCCCC3)c2c1. The van der Waals surface area contributed by atoms with Crippen LogP contribution in [0, 0.1) is 0 Å². The van der Waals surface area contributed by atoms with E-state index in [0.717, 1.165) is 36.8 Å². The zero-order valence-electron chi connectivity index (χ0n) is 11.9. The summed E-state index contributed by atoms with van der Waals surface area (Å²) in [5, 5.41) is 3.95. The van der Waals surface area contributed by atoms with Crippen molar-refractivity contribution >= 4 is 28.3 Å². The lowest BCUT2D eigenvalue weighted by atomic mass is 10.1. The number of aromatic nitrogens is 2. The van der Waals surface area contributed by atoms with Crippen LogP contribution in [0.25, 0.3) is 10.9 Å². The molecule has 6 nitrogen and oxygen atoms in total. The minimum absolute atomic E-state index is 0.116. The van der Waals surface area contributed by atoms with Crippen molar-refractivity contribution in [3.63, 3.8) is 0 Å². The first-order chi connectivity index (χ1) is 10.2. The second-order valence-corrected chi connectivity index (χ2v) is 5.29. The maximum atomic E-state index is 12.2. The smallest absolute Gasteiger partial charge is 0.241 e. The number of amides is 1. The number of piperidine rings is 1. The van der Waals surface area contributed by atoms with Crippen LogP contribution in [0.1, 0.15) is 19.3 Å². The minimum Gasteiger partial charge on any atom is -0.399 e. The van der Waals surface area contributed by atoms with Crippen LogP contribution >= 0.6 is 0 Å². The molecule has 2 heterocycles. The van der Waals surface area contributed by atoms with Crippen LogP contribution in [0.4, 0.5) is 11.5 Å². The molecule has 1 aliphatic rings. The topological polar surface area (TPSA) is 84.1 Å². The maximum absolute atomic E-state index is 12.2. The van der Waals surface area contributed by atoms with E-state index in [0.29, 0.717) is 11.5 Å². The van der Waals surface area contributed by atoms with Gasteiger partial charge >= 0.3 is 0 Å². The molecule has 1 aromatic heterocycles. The number of carbonyl (C=O) groups is 1. The van der Waals surface area contributed by atoms with Crippen molar-refractivity contribution in [3.05, 3.63) is 24.5 Å². The number of rotatable bonds is 3. The van der Waals surface area contributed by atoms with Crippen molar-refractivity contribution in [1.29, 1.82) is 0 Å². The van der Waals surface area contributed by atoms with Crippen molar-refractivity contribution in [2.75, 3.05) is 30.7 Å². The Morgan fingerprint density at radius 1 is 1.24 bits per heavy atom. The van der Waals surface area contributed by atoms with Crippen LogP contribution < -0.4 is 11.1 Å². The molecule has 1 saturated heterocycles. The number of carbonyl (C=O) groups excluding carboxylic acids is 1. The van der Waals surface area contributed by atoms with Gasteiger partial charge in [0, 0.05) is 24.2 Å². The molecule has 3 rings (SSSR count). The number of benzene rings is 1. The van der Waals surface area contributed by atoms with Gasteiger partial charge in [-0.2, -0.15) is 0 Å². The van der Waals surface area contributed by atoms with E-state index >= 15 is 0 Å². The Labute approximate surface area is 123 Å². The Bertz CT molecular complexity index is 652. The van der Waals surface area contributed by atoms with Gasteiger partial charge in [-0.15, -0.1) is 0 Å². The van der Waals surface area contributed by atoms with E-state index in [1.165, 1.54) is 12.7 Å². The first kappa shape index (κ1) is 13.6. The normalized spacial score (nSPS) is 15.1. The zero-order valence-corrected chi connectivity index (χ0v) is 11.9. The number of hydrogen-bond donors (Lipinski definition) is 2. The molecular formula is C15H19N5O. The number of nitrogen functional groups attached to an aromatic ring is 1. The first-order valence-corrected chi connectivity index (χ1v) is 7.26. The third kappa shape index (κ3) is 3.04. The summed E-state index contributed by atoms with van der Waals surface area (Å²) >= 11 is 0. The standard InChI is InChI=1S/C15H19N5O/c16-11-4-5-13-12(8-11)15(19-10-18-13)17-9-14(21)20-6-2-1-3-7-20/h4-5,8,10H,1-3,6-7,9,16H2,(H,17,18,19). The van der Waals surface area contributed by atoms with E-state index in [4.69, 9.17) is 5.73 Å². The molecule has 0 atom stereocenters. The Morgan fingerprint density at radius 3 is 2.86 bits per heavy atom. The second kappa shape index (κ2) is 5.95. The van der Waals surface area contributed by atoms with E-state index in [2.05, 4.69) is 15.3 Å². The summed E-state index contributed by atoms with van der Waals surface area (Å²) < 4.78 is 0. The molecule has 1 aromatic carbocycles. The molecule has 0 radical (unpaired) electrons. The number of likely N-dealkylation sites (tertiary alicyclic amines) is 1. The van der Waals surface area contributed by atoms with Crippen LogP contribution in [0.15, 0.2) is 24.5 Å².